The normalized spacial score (nSPS) is 40.0. The molecule has 0 aromatic heterocycles. The fourth-order valence-corrected chi connectivity index (χ4v) is 6.61. The predicted molar refractivity (Wildman–Crippen MR) is 85.0 cm³/mol. The van der Waals surface area contributed by atoms with E-state index in [1.807, 2.05) is 19.1 Å². The lowest BCUT2D eigenvalue weighted by atomic mass is 9.77. The summed E-state index contributed by atoms with van der Waals surface area (Å²) in [6.45, 7) is 1.95. The number of hydrogen-bond acceptors (Lipinski definition) is 4. The van der Waals surface area contributed by atoms with Crippen LogP contribution in [0.3, 0.4) is 0 Å². The molecular weight excluding hydrogens is 310 g/mol. The maximum Gasteiger partial charge on any atom is 0.280 e. The maximum absolute atomic E-state index is 13.0. The smallest absolute Gasteiger partial charge is 0.200 e. The maximum atomic E-state index is 13.0. The van der Waals surface area contributed by atoms with Crippen molar-refractivity contribution >= 4 is 10.0 Å². The minimum Gasteiger partial charge on any atom is -0.200 e. The van der Waals surface area contributed by atoms with Crippen LogP contribution in [0.5, 0.6) is 0 Å². The van der Waals surface area contributed by atoms with Crippen molar-refractivity contribution in [3.63, 3.8) is 0 Å². The molecule has 1 aliphatic heterocycles. The van der Waals surface area contributed by atoms with Crippen LogP contribution >= 0.6 is 0 Å². The largest absolute Gasteiger partial charge is 0.280 e. The molecule has 0 spiro atoms. The molecule has 6 atom stereocenters. The summed E-state index contributed by atoms with van der Waals surface area (Å²) in [5.41, 5.74) is 1.05. The fraction of sp³-hybridized carbons (Fsp3) is 0.529. The van der Waals surface area contributed by atoms with Crippen LogP contribution < -0.4 is 0 Å². The van der Waals surface area contributed by atoms with Gasteiger partial charge in [-0.3, -0.25) is 0 Å². The SMILES string of the molecule is Cc1ccc(S(=O)(=O)N2N=N[C@@H]3[C@H]4C[C@@H]([C@@H]5CC=C[C@@H]54)[C@H]32)cc1. The van der Waals surface area contributed by atoms with Crippen molar-refractivity contribution in [2.75, 3.05) is 0 Å². The predicted octanol–water partition coefficient (Wildman–Crippen LogP) is 2.95. The molecule has 6 heteroatoms. The van der Waals surface area contributed by atoms with Gasteiger partial charge in [-0.25, -0.2) is 0 Å². The van der Waals surface area contributed by atoms with Gasteiger partial charge in [0.25, 0.3) is 10.0 Å². The lowest BCUT2D eigenvalue weighted by Crippen LogP contribution is -2.46. The Kier molecular flexibility index (Phi) is 2.65. The summed E-state index contributed by atoms with van der Waals surface area (Å²) in [6, 6.07) is 6.96. The van der Waals surface area contributed by atoms with Crippen LogP contribution in [0.25, 0.3) is 0 Å². The van der Waals surface area contributed by atoms with E-state index in [1.54, 1.807) is 12.1 Å². The molecule has 0 amide bonds. The van der Waals surface area contributed by atoms with Crippen molar-refractivity contribution < 1.29 is 8.42 Å². The minimum absolute atomic E-state index is 0.0456. The fourth-order valence-electron chi connectivity index (χ4n) is 5.17. The monoisotopic (exact) mass is 329 g/mol. The number of aryl methyl sites for hydroxylation is 1. The van der Waals surface area contributed by atoms with Crippen LogP contribution in [0.2, 0.25) is 0 Å². The van der Waals surface area contributed by atoms with E-state index in [2.05, 4.69) is 22.5 Å². The zero-order valence-electron chi connectivity index (χ0n) is 12.9. The van der Waals surface area contributed by atoms with E-state index in [4.69, 9.17) is 0 Å². The van der Waals surface area contributed by atoms with Gasteiger partial charge in [-0.1, -0.05) is 35.1 Å². The van der Waals surface area contributed by atoms with E-state index in [0.29, 0.717) is 28.6 Å². The third kappa shape index (κ3) is 1.70. The Morgan fingerprint density at radius 1 is 1.13 bits per heavy atom. The Morgan fingerprint density at radius 3 is 2.70 bits per heavy atom. The summed E-state index contributed by atoms with van der Waals surface area (Å²) in [5, 5.41) is 8.47. The second-order valence-electron chi connectivity index (χ2n) is 7.25. The number of hydrogen-bond donors (Lipinski definition) is 0. The van der Waals surface area contributed by atoms with Gasteiger partial charge in [-0.05, 0) is 55.6 Å². The lowest BCUT2D eigenvalue weighted by Gasteiger charge is -2.35. The Morgan fingerprint density at radius 2 is 1.91 bits per heavy atom. The molecule has 2 bridgehead atoms. The number of fused-ring (bicyclic) bond motifs is 8. The molecule has 0 radical (unpaired) electrons. The minimum atomic E-state index is -3.61. The third-order valence-corrected chi connectivity index (χ3v) is 7.85. The van der Waals surface area contributed by atoms with Crippen LogP contribution in [-0.4, -0.2) is 24.9 Å². The van der Waals surface area contributed by atoms with Gasteiger partial charge in [0.15, 0.2) is 0 Å². The Bertz CT molecular complexity index is 815. The molecule has 0 unspecified atom stereocenters. The van der Waals surface area contributed by atoms with Gasteiger partial charge < -0.3 is 0 Å². The molecular formula is C17H19N3O2S. The van der Waals surface area contributed by atoms with Crippen molar-refractivity contribution in [3.05, 3.63) is 42.0 Å². The van der Waals surface area contributed by atoms with E-state index in [9.17, 15) is 8.42 Å². The van der Waals surface area contributed by atoms with E-state index in [0.717, 1.165) is 18.4 Å². The zero-order chi connectivity index (χ0) is 15.8. The first-order valence-electron chi connectivity index (χ1n) is 8.26. The van der Waals surface area contributed by atoms with Gasteiger partial charge in [0.2, 0.25) is 0 Å². The van der Waals surface area contributed by atoms with Gasteiger partial charge in [-0.15, -0.1) is 0 Å². The highest BCUT2D eigenvalue weighted by atomic mass is 32.2. The second kappa shape index (κ2) is 4.44. The molecule has 5 nitrogen and oxygen atoms in total. The number of sulfonamides is 1. The summed E-state index contributed by atoms with van der Waals surface area (Å²) in [6.07, 6.45) is 6.74. The van der Waals surface area contributed by atoms with E-state index < -0.39 is 10.0 Å². The summed E-state index contributed by atoms with van der Waals surface area (Å²) in [7, 11) is -3.61. The Hall–Kier alpha value is -1.69. The molecule has 3 aliphatic carbocycles. The van der Waals surface area contributed by atoms with Gasteiger partial charge in [-0.2, -0.15) is 17.9 Å². The molecule has 2 saturated carbocycles. The Balaban J connectivity index is 1.51. The van der Waals surface area contributed by atoms with Crippen molar-refractivity contribution in [3.8, 4) is 0 Å². The number of allylic oxidation sites excluding steroid dienone is 2. The molecule has 0 saturated heterocycles. The highest BCUT2D eigenvalue weighted by molar-refractivity contribution is 7.89. The van der Waals surface area contributed by atoms with Gasteiger partial charge >= 0.3 is 0 Å². The Labute approximate surface area is 136 Å². The first-order chi connectivity index (χ1) is 11.1. The first-order valence-corrected chi connectivity index (χ1v) is 9.70. The first kappa shape index (κ1) is 13.7. The molecule has 23 heavy (non-hydrogen) atoms. The standard InChI is InChI=1S/C17H19N3O2S/c1-10-5-7-11(8-6-10)23(21,22)20-17-15-9-14(16(17)18-19-20)12-3-2-4-13(12)15/h2-3,5-8,12-17H,4,9H2,1H3/t12-,13+,14-,15-,16+,17+/m0/s1. The van der Waals surface area contributed by atoms with Crippen molar-refractivity contribution in [2.45, 2.75) is 36.7 Å². The lowest BCUT2D eigenvalue weighted by molar-refractivity contribution is 0.177. The highest BCUT2D eigenvalue weighted by Crippen LogP contribution is 2.60. The molecule has 5 rings (SSSR count). The van der Waals surface area contributed by atoms with E-state index >= 15 is 0 Å². The van der Waals surface area contributed by atoms with Crippen LogP contribution in [0, 0.1) is 30.6 Å². The van der Waals surface area contributed by atoms with Gasteiger partial charge in [0.1, 0.15) is 0 Å². The van der Waals surface area contributed by atoms with Crippen molar-refractivity contribution in [1.29, 1.82) is 0 Å². The molecule has 1 aromatic rings. The summed E-state index contributed by atoms with van der Waals surface area (Å²) < 4.78 is 27.3. The molecule has 0 N–H and O–H groups in total. The average molecular weight is 329 g/mol. The molecule has 4 aliphatic rings. The molecule has 2 fully saturated rings. The zero-order valence-corrected chi connectivity index (χ0v) is 13.7. The van der Waals surface area contributed by atoms with Gasteiger partial charge in [0, 0.05) is 0 Å². The molecule has 120 valence electrons. The van der Waals surface area contributed by atoms with Gasteiger partial charge in [0.05, 0.1) is 17.0 Å². The summed E-state index contributed by atoms with van der Waals surface area (Å²) >= 11 is 0. The summed E-state index contributed by atoms with van der Waals surface area (Å²) in [5.74, 6) is 2.03. The third-order valence-electron chi connectivity index (χ3n) is 6.17. The second-order valence-corrected chi connectivity index (χ2v) is 9.04. The number of nitrogens with zero attached hydrogens (tertiary/aromatic N) is 3. The summed E-state index contributed by atoms with van der Waals surface area (Å²) in [4.78, 5) is 0.312. The van der Waals surface area contributed by atoms with Crippen molar-refractivity contribution in [2.24, 2.45) is 34.0 Å². The van der Waals surface area contributed by atoms with E-state index in [-0.39, 0.29) is 12.1 Å². The number of benzene rings is 1. The highest BCUT2D eigenvalue weighted by Gasteiger charge is 2.63. The topological polar surface area (TPSA) is 62.1 Å². The van der Waals surface area contributed by atoms with E-state index in [1.165, 1.54) is 4.41 Å². The van der Waals surface area contributed by atoms with Crippen molar-refractivity contribution in [1.82, 2.24) is 4.41 Å². The number of rotatable bonds is 2. The molecule has 1 aromatic carbocycles. The van der Waals surface area contributed by atoms with Crippen LogP contribution in [0.15, 0.2) is 51.7 Å². The average Bonchev–Trinajstić information content (AvgIpc) is 3.25. The quantitative estimate of drug-likeness (QED) is 0.783. The van der Waals surface area contributed by atoms with Crippen LogP contribution in [0.1, 0.15) is 18.4 Å². The van der Waals surface area contributed by atoms with Crippen LogP contribution in [0.4, 0.5) is 0 Å². The molecule has 1 heterocycles. The van der Waals surface area contributed by atoms with Crippen LogP contribution in [-0.2, 0) is 10.0 Å².